The standard InChI is InChI=1S/C25H28N6OS2/c1-18-14-19(16-26-30-24(33-2)28-21-10-6-4-7-11-21)23(32)20(15-18)17-27-31-25(34-3)29-22-12-8-5-9-13-22/h4-17,24,28,30,32H,1-3H3,(H,29,31)/b26-16+,27-17+/t24-/m0/s1. The molecular weight excluding hydrogens is 464 g/mol. The van der Waals surface area contributed by atoms with Crippen molar-refractivity contribution in [2.45, 2.75) is 12.4 Å². The van der Waals surface area contributed by atoms with Crippen molar-refractivity contribution in [3.63, 3.8) is 0 Å². The molecule has 0 bridgehead atoms. The molecule has 0 saturated carbocycles. The molecule has 0 aromatic heterocycles. The summed E-state index contributed by atoms with van der Waals surface area (Å²) in [6.07, 6.45) is 7.09. The van der Waals surface area contributed by atoms with Crippen molar-refractivity contribution in [3.05, 3.63) is 89.5 Å². The Hall–Kier alpha value is -3.43. The molecule has 7 nitrogen and oxygen atoms in total. The van der Waals surface area contributed by atoms with Crippen LogP contribution in [0.3, 0.4) is 0 Å². The molecule has 0 heterocycles. The lowest BCUT2D eigenvalue weighted by molar-refractivity contribution is 0.473. The predicted octanol–water partition coefficient (Wildman–Crippen LogP) is 5.36. The molecule has 0 radical (unpaired) electrons. The molecule has 3 aromatic rings. The fraction of sp³-hybridized carbons (Fsp3) is 0.160. The van der Waals surface area contributed by atoms with Crippen molar-refractivity contribution in [2.24, 2.45) is 15.2 Å². The summed E-state index contributed by atoms with van der Waals surface area (Å²) in [6.45, 7) is 1.96. The molecule has 1 atom stereocenters. The smallest absolute Gasteiger partial charge is 0.182 e. The monoisotopic (exact) mass is 492 g/mol. The summed E-state index contributed by atoms with van der Waals surface area (Å²) in [4.78, 5) is 4.52. The maximum atomic E-state index is 10.7. The molecule has 0 aliphatic heterocycles. The van der Waals surface area contributed by atoms with Gasteiger partial charge >= 0.3 is 0 Å². The zero-order chi connectivity index (χ0) is 24.2. The van der Waals surface area contributed by atoms with Gasteiger partial charge in [0.15, 0.2) is 10.7 Å². The molecule has 0 spiro atoms. The second-order valence-electron chi connectivity index (χ2n) is 7.13. The fourth-order valence-corrected chi connectivity index (χ4v) is 3.69. The number of para-hydroxylation sites is 2. The Labute approximate surface area is 208 Å². The number of aryl methyl sites for hydroxylation is 1. The van der Waals surface area contributed by atoms with E-state index in [1.54, 1.807) is 24.2 Å². The molecule has 176 valence electrons. The van der Waals surface area contributed by atoms with Crippen LogP contribution in [0.2, 0.25) is 0 Å². The number of nitrogens with one attached hydrogen (secondary N) is 3. The Kier molecular flexibility index (Phi) is 9.87. The summed E-state index contributed by atoms with van der Waals surface area (Å²) in [6, 6.07) is 23.3. The highest BCUT2D eigenvalue weighted by Crippen LogP contribution is 2.22. The number of hydrogen-bond donors (Lipinski definition) is 4. The summed E-state index contributed by atoms with van der Waals surface area (Å²) >= 11 is 3.04. The number of aliphatic imine (C=N–C) groups is 1. The number of benzene rings is 3. The summed E-state index contributed by atoms with van der Waals surface area (Å²) in [5, 5.41) is 23.3. The highest BCUT2D eigenvalue weighted by molar-refractivity contribution is 8.13. The van der Waals surface area contributed by atoms with Crippen LogP contribution < -0.4 is 16.2 Å². The lowest BCUT2D eigenvalue weighted by Crippen LogP contribution is -2.29. The van der Waals surface area contributed by atoms with Crippen LogP contribution >= 0.6 is 23.5 Å². The van der Waals surface area contributed by atoms with Crippen molar-refractivity contribution in [3.8, 4) is 5.75 Å². The van der Waals surface area contributed by atoms with Crippen LogP contribution in [0.15, 0.2) is 88.0 Å². The van der Waals surface area contributed by atoms with E-state index in [0.29, 0.717) is 16.3 Å². The quantitative estimate of drug-likeness (QED) is 0.139. The van der Waals surface area contributed by atoms with E-state index in [-0.39, 0.29) is 11.2 Å². The number of anilines is 1. The van der Waals surface area contributed by atoms with Gasteiger partial charge < -0.3 is 10.4 Å². The average molecular weight is 493 g/mol. The van der Waals surface area contributed by atoms with E-state index in [4.69, 9.17) is 0 Å². The number of phenols is 1. The van der Waals surface area contributed by atoms with Gasteiger partial charge in [-0.05, 0) is 61.4 Å². The van der Waals surface area contributed by atoms with Gasteiger partial charge in [0, 0.05) is 16.8 Å². The number of hydrazone groups is 2. The van der Waals surface area contributed by atoms with Gasteiger partial charge in [0.05, 0.1) is 18.1 Å². The summed E-state index contributed by atoms with van der Waals surface area (Å²) in [7, 11) is 0. The Morgan fingerprint density at radius 3 is 2.15 bits per heavy atom. The number of rotatable bonds is 9. The van der Waals surface area contributed by atoms with E-state index in [1.165, 1.54) is 11.8 Å². The molecule has 0 unspecified atom stereocenters. The molecule has 0 saturated heterocycles. The molecule has 4 N–H and O–H groups in total. The van der Waals surface area contributed by atoms with Crippen LogP contribution in [0.5, 0.6) is 5.75 Å². The van der Waals surface area contributed by atoms with Gasteiger partial charge in [-0.2, -0.15) is 10.2 Å². The molecule has 0 amide bonds. The third-order valence-corrected chi connectivity index (χ3v) is 5.82. The zero-order valence-electron chi connectivity index (χ0n) is 19.3. The van der Waals surface area contributed by atoms with Crippen molar-refractivity contribution in [1.29, 1.82) is 0 Å². The lowest BCUT2D eigenvalue weighted by atomic mass is 10.1. The topological polar surface area (TPSA) is 93.4 Å². The number of amidine groups is 1. The van der Waals surface area contributed by atoms with E-state index in [1.807, 2.05) is 92.2 Å². The van der Waals surface area contributed by atoms with E-state index < -0.39 is 0 Å². The molecule has 0 aliphatic rings. The van der Waals surface area contributed by atoms with Crippen molar-refractivity contribution >= 4 is 52.5 Å². The number of thioether (sulfide) groups is 2. The van der Waals surface area contributed by atoms with E-state index >= 15 is 0 Å². The van der Waals surface area contributed by atoms with Crippen LogP contribution in [-0.2, 0) is 0 Å². The summed E-state index contributed by atoms with van der Waals surface area (Å²) in [5.41, 5.74) is 9.87. The number of phenolic OH excluding ortho intramolecular Hbond substituents is 1. The summed E-state index contributed by atoms with van der Waals surface area (Å²) in [5.74, 6) is 0.101. The van der Waals surface area contributed by atoms with Gasteiger partial charge in [-0.1, -0.05) is 48.2 Å². The Balaban J connectivity index is 1.67. The first kappa shape index (κ1) is 25.2. The second kappa shape index (κ2) is 13.3. The van der Waals surface area contributed by atoms with Crippen molar-refractivity contribution in [2.75, 3.05) is 17.8 Å². The average Bonchev–Trinajstić information content (AvgIpc) is 2.86. The lowest BCUT2D eigenvalue weighted by Gasteiger charge is -2.17. The minimum absolute atomic E-state index is 0.101. The fourth-order valence-electron chi connectivity index (χ4n) is 2.93. The second-order valence-corrected chi connectivity index (χ2v) is 8.87. The normalized spacial score (nSPS) is 12.7. The van der Waals surface area contributed by atoms with Gasteiger partial charge in [0.25, 0.3) is 0 Å². The SMILES string of the molecule is CSC(=Nc1ccccc1)N/N=C/c1cc(C)cc(/C=N/N[C@H](Nc2ccccc2)SC)c1O. The first-order chi connectivity index (χ1) is 16.6. The Bertz CT molecular complexity index is 1140. The number of nitrogens with zero attached hydrogens (tertiary/aromatic N) is 3. The molecule has 0 aliphatic carbocycles. The maximum absolute atomic E-state index is 10.7. The summed E-state index contributed by atoms with van der Waals surface area (Å²) < 4.78 is 0. The Morgan fingerprint density at radius 2 is 1.53 bits per heavy atom. The van der Waals surface area contributed by atoms with Gasteiger partial charge in [0.2, 0.25) is 0 Å². The molecule has 3 rings (SSSR count). The van der Waals surface area contributed by atoms with Crippen LogP contribution in [0, 0.1) is 6.92 Å². The van der Waals surface area contributed by atoms with E-state index in [2.05, 4.69) is 31.4 Å². The molecular formula is C25H28N6OS2. The number of hydrogen-bond acceptors (Lipinski definition) is 8. The molecule has 0 fully saturated rings. The largest absolute Gasteiger partial charge is 0.507 e. The van der Waals surface area contributed by atoms with Crippen LogP contribution in [0.25, 0.3) is 0 Å². The van der Waals surface area contributed by atoms with Gasteiger partial charge in [0.1, 0.15) is 5.75 Å². The molecule has 3 aromatic carbocycles. The first-order valence-corrected chi connectivity index (χ1v) is 13.0. The first-order valence-electron chi connectivity index (χ1n) is 10.5. The van der Waals surface area contributed by atoms with Crippen molar-refractivity contribution in [1.82, 2.24) is 10.9 Å². The third kappa shape index (κ3) is 7.86. The van der Waals surface area contributed by atoms with E-state index in [9.17, 15) is 5.11 Å². The van der Waals surface area contributed by atoms with Gasteiger partial charge in [-0.3, -0.25) is 10.9 Å². The maximum Gasteiger partial charge on any atom is 0.182 e. The van der Waals surface area contributed by atoms with E-state index in [0.717, 1.165) is 16.9 Å². The minimum atomic E-state index is -0.121. The third-order valence-electron chi connectivity index (χ3n) is 4.56. The highest BCUT2D eigenvalue weighted by Gasteiger charge is 2.07. The van der Waals surface area contributed by atoms with Crippen LogP contribution in [0.1, 0.15) is 16.7 Å². The Morgan fingerprint density at radius 1 is 0.912 bits per heavy atom. The highest BCUT2D eigenvalue weighted by atomic mass is 32.2. The minimum Gasteiger partial charge on any atom is -0.507 e. The van der Waals surface area contributed by atoms with Gasteiger partial charge in [-0.15, -0.1) is 11.8 Å². The van der Waals surface area contributed by atoms with Gasteiger partial charge in [-0.25, -0.2) is 4.99 Å². The van der Waals surface area contributed by atoms with Crippen LogP contribution in [-0.4, -0.2) is 40.7 Å². The molecule has 34 heavy (non-hydrogen) atoms. The van der Waals surface area contributed by atoms with Crippen molar-refractivity contribution < 1.29 is 5.11 Å². The zero-order valence-corrected chi connectivity index (χ0v) is 20.9. The van der Waals surface area contributed by atoms with Crippen LogP contribution in [0.4, 0.5) is 11.4 Å². The number of aromatic hydroxyl groups is 1. The molecule has 9 heteroatoms. The predicted molar refractivity (Wildman–Crippen MR) is 149 cm³/mol.